The molecule has 0 aliphatic rings. The number of thiocarbonyl (C=S) groups is 1. The molecular formula is C19H17Cl2F3N4O4S. The summed E-state index contributed by atoms with van der Waals surface area (Å²) >= 11 is 16.6. The van der Waals surface area contributed by atoms with Gasteiger partial charge < -0.3 is 20.4 Å². The SMILES string of the molecule is CNC(=S)C(=O)C(CCC(F)(F)F)NC(=O)CNC(=O)c1cnc(-c2cc(Cl)cc(Cl)c2)o1. The molecule has 1 unspecified atom stereocenters. The molecule has 1 heterocycles. The topological polar surface area (TPSA) is 113 Å². The Morgan fingerprint density at radius 1 is 1.18 bits per heavy atom. The van der Waals surface area contributed by atoms with E-state index in [9.17, 15) is 27.6 Å². The predicted molar refractivity (Wildman–Crippen MR) is 118 cm³/mol. The Labute approximate surface area is 201 Å². The highest BCUT2D eigenvalue weighted by Crippen LogP contribution is 2.27. The Morgan fingerprint density at radius 3 is 2.39 bits per heavy atom. The maximum absolute atomic E-state index is 12.5. The van der Waals surface area contributed by atoms with E-state index < -0.39 is 49.2 Å². The monoisotopic (exact) mass is 524 g/mol. The standard InChI is InChI=1S/C19H17Cl2F3N4O4S/c1-25-18(33)15(30)12(2-3-19(22,23)24)28-14(29)8-26-16(31)13-7-27-17(32-13)9-4-10(20)6-11(21)5-9/h4-7,12H,2-3,8H2,1H3,(H,25,33)(H,26,31)(H,28,29). The van der Waals surface area contributed by atoms with Gasteiger partial charge in [0.2, 0.25) is 23.3 Å². The summed E-state index contributed by atoms with van der Waals surface area (Å²) in [6.07, 6.45) is -5.44. The van der Waals surface area contributed by atoms with Gasteiger partial charge in [0.15, 0.2) is 0 Å². The largest absolute Gasteiger partial charge is 0.431 e. The molecule has 2 aromatic rings. The average molecular weight is 525 g/mol. The van der Waals surface area contributed by atoms with Crippen molar-refractivity contribution in [2.45, 2.75) is 25.1 Å². The molecule has 14 heteroatoms. The summed E-state index contributed by atoms with van der Waals surface area (Å²) in [5, 5.41) is 7.38. The number of nitrogens with one attached hydrogen (secondary N) is 3. The van der Waals surface area contributed by atoms with E-state index in [2.05, 4.69) is 20.9 Å². The molecule has 8 nitrogen and oxygen atoms in total. The van der Waals surface area contributed by atoms with Gasteiger partial charge in [-0.3, -0.25) is 14.4 Å². The minimum atomic E-state index is -4.53. The first-order chi connectivity index (χ1) is 15.4. The number of amides is 2. The summed E-state index contributed by atoms with van der Waals surface area (Å²) in [5.74, 6) is -2.79. The van der Waals surface area contributed by atoms with Gasteiger partial charge in [-0.15, -0.1) is 0 Å². The van der Waals surface area contributed by atoms with Crippen molar-refractivity contribution in [3.63, 3.8) is 0 Å². The number of benzene rings is 1. The number of rotatable bonds is 9. The summed E-state index contributed by atoms with van der Waals surface area (Å²) in [6, 6.07) is 3.02. The Balaban J connectivity index is 1.99. The summed E-state index contributed by atoms with van der Waals surface area (Å²) < 4.78 is 43.0. The number of likely N-dealkylation sites (N-methyl/N-ethyl adjacent to an activating group) is 1. The molecular weight excluding hydrogens is 508 g/mol. The molecule has 0 bridgehead atoms. The second kappa shape index (κ2) is 11.4. The minimum Gasteiger partial charge on any atom is -0.431 e. The second-order valence-corrected chi connectivity index (χ2v) is 7.87. The third kappa shape index (κ3) is 8.30. The number of halogens is 5. The van der Waals surface area contributed by atoms with Crippen LogP contribution in [0.5, 0.6) is 0 Å². The van der Waals surface area contributed by atoms with Gasteiger partial charge >= 0.3 is 6.18 Å². The molecule has 0 aliphatic heterocycles. The third-order valence-electron chi connectivity index (χ3n) is 4.07. The van der Waals surface area contributed by atoms with Crippen LogP contribution in [0.2, 0.25) is 10.0 Å². The van der Waals surface area contributed by atoms with Gasteiger partial charge in [-0.1, -0.05) is 35.4 Å². The van der Waals surface area contributed by atoms with E-state index in [1.165, 1.54) is 25.2 Å². The fourth-order valence-corrected chi connectivity index (χ4v) is 3.21. The molecule has 1 aromatic carbocycles. The average Bonchev–Trinajstić information content (AvgIpc) is 3.23. The van der Waals surface area contributed by atoms with E-state index in [4.69, 9.17) is 39.8 Å². The van der Waals surface area contributed by atoms with Gasteiger partial charge in [0.1, 0.15) is 4.99 Å². The predicted octanol–water partition coefficient (Wildman–Crippen LogP) is 3.32. The lowest BCUT2D eigenvalue weighted by molar-refractivity contribution is -0.139. The molecule has 0 saturated heterocycles. The molecule has 3 N–H and O–H groups in total. The number of carbonyl (C=O) groups excluding carboxylic acids is 3. The molecule has 0 saturated carbocycles. The van der Waals surface area contributed by atoms with Gasteiger partial charge in [0, 0.05) is 29.1 Å². The summed E-state index contributed by atoms with van der Waals surface area (Å²) in [5.41, 5.74) is 0.413. The Kier molecular flexibility index (Phi) is 9.20. The van der Waals surface area contributed by atoms with Crippen molar-refractivity contribution in [2.75, 3.05) is 13.6 Å². The Morgan fingerprint density at radius 2 is 1.82 bits per heavy atom. The highest BCUT2D eigenvalue weighted by molar-refractivity contribution is 7.82. The van der Waals surface area contributed by atoms with Crippen LogP contribution in [0.1, 0.15) is 23.4 Å². The van der Waals surface area contributed by atoms with E-state index in [0.717, 1.165) is 6.20 Å². The first-order valence-corrected chi connectivity index (χ1v) is 10.4. The van der Waals surface area contributed by atoms with Crippen LogP contribution >= 0.6 is 35.4 Å². The lowest BCUT2D eigenvalue weighted by atomic mass is 10.1. The number of Topliss-reactive ketones (excluding diaryl/α,β-unsaturated/α-hetero) is 1. The van der Waals surface area contributed by atoms with Crippen molar-refractivity contribution in [2.24, 2.45) is 0 Å². The van der Waals surface area contributed by atoms with E-state index in [0.29, 0.717) is 15.6 Å². The van der Waals surface area contributed by atoms with Gasteiger partial charge in [0.25, 0.3) is 5.91 Å². The maximum Gasteiger partial charge on any atom is 0.389 e. The van der Waals surface area contributed by atoms with Crippen LogP contribution in [-0.2, 0) is 9.59 Å². The number of alkyl halides is 3. The van der Waals surface area contributed by atoms with Crippen LogP contribution < -0.4 is 16.0 Å². The molecule has 2 rings (SSSR count). The second-order valence-electron chi connectivity index (χ2n) is 6.59. The van der Waals surface area contributed by atoms with Crippen molar-refractivity contribution in [1.29, 1.82) is 0 Å². The highest BCUT2D eigenvalue weighted by Gasteiger charge is 2.32. The van der Waals surface area contributed by atoms with Gasteiger partial charge in [0.05, 0.1) is 18.8 Å². The Bertz CT molecular complexity index is 1040. The molecule has 0 fully saturated rings. The van der Waals surface area contributed by atoms with E-state index >= 15 is 0 Å². The van der Waals surface area contributed by atoms with Crippen LogP contribution in [0.4, 0.5) is 13.2 Å². The van der Waals surface area contributed by atoms with Crippen LogP contribution in [0.3, 0.4) is 0 Å². The molecule has 2 amide bonds. The zero-order chi connectivity index (χ0) is 24.8. The van der Waals surface area contributed by atoms with Crippen LogP contribution in [-0.4, -0.2) is 53.4 Å². The molecule has 0 spiro atoms. The molecule has 0 aliphatic carbocycles. The van der Waals surface area contributed by atoms with Crippen LogP contribution in [0, 0.1) is 0 Å². The van der Waals surface area contributed by atoms with Crippen LogP contribution in [0.25, 0.3) is 11.5 Å². The maximum atomic E-state index is 12.5. The molecule has 178 valence electrons. The normalized spacial score (nSPS) is 12.1. The molecule has 1 atom stereocenters. The number of hydrogen-bond acceptors (Lipinski definition) is 6. The number of aromatic nitrogens is 1. The van der Waals surface area contributed by atoms with Crippen molar-refractivity contribution >= 4 is 58.0 Å². The fourth-order valence-electron chi connectivity index (χ4n) is 2.54. The van der Waals surface area contributed by atoms with Crippen molar-refractivity contribution < 1.29 is 32.0 Å². The number of carbonyl (C=O) groups is 3. The number of hydrogen-bond donors (Lipinski definition) is 3. The number of nitrogens with zero attached hydrogens (tertiary/aromatic N) is 1. The van der Waals surface area contributed by atoms with Gasteiger partial charge in [-0.05, 0) is 24.6 Å². The quantitative estimate of drug-likeness (QED) is 0.431. The smallest absolute Gasteiger partial charge is 0.389 e. The van der Waals surface area contributed by atoms with Crippen molar-refractivity contribution in [3.05, 3.63) is 40.2 Å². The van der Waals surface area contributed by atoms with E-state index in [1.807, 2.05) is 0 Å². The summed E-state index contributed by atoms with van der Waals surface area (Å²) in [6.45, 7) is -0.639. The summed E-state index contributed by atoms with van der Waals surface area (Å²) in [7, 11) is 1.33. The number of ketones is 1. The van der Waals surface area contributed by atoms with Crippen LogP contribution in [0.15, 0.2) is 28.8 Å². The van der Waals surface area contributed by atoms with Crippen molar-refractivity contribution in [3.8, 4) is 11.5 Å². The lowest BCUT2D eigenvalue weighted by Crippen LogP contribution is -2.49. The summed E-state index contributed by atoms with van der Waals surface area (Å²) in [4.78, 5) is 40.1. The highest BCUT2D eigenvalue weighted by atomic mass is 35.5. The molecule has 1 aromatic heterocycles. The van der Waals surface area contributed by atoms with Gasteiger partial charge in [-0.25, -0.2) is 4.98 Å². The molecule has 0 radical (unpaired) electrons. The Hall–Kier alpha value is -2.70. The first-order valence-electron chi connectivity index (χ1n) is 9.22. The third-order valence-corrected chi connectivity index (χ3v) is 4.91. The zero-order valence-corrected chi connectivity index (χ0v) is 19.2. The molecule has 33 heavy (non-hydrogen) atoms. The van der Waals surface area contributed by atoms with Gasteiger partial charge in [-0.2, -0.15) is 13.2 Å². The lowest BCUT2D eigenvalue weighted by Gasteiger charge is -2.19. The van der Waals surface area contributed by atoms with E-state index in [-0.39, 0.29) is 16.6 Å². The minimum absolute atomic E-state index is 0.0485. The van der Waals surface area contributed by atoms with E-state index in [1.54, 1.807) is 0 Å². The fraction of sp³-hybridized carbons (Fsp3) is 0.316. The number of oxazole rings is 1. The first kappa shape index (κ1) is 26.6. The van der Waals surface area contributed by atoms with Crippen molar-refractivity contribution in [1.82, 2.24) is 20.9 Å². The zero-order valence-electron chi connectivity index (χ0n) is 16.9.